The summed E-state index contributed by atoms with van der Waals surface area (Å²) in [5.74, 6) is 2.47. The van der Waals surface area contributed by atoms with Crippen LogP contribution in [0.3, 0.4) is 0 Å². The number of likely N-dealkylation sites (tertiary alicyclic amines) is 1. The van der Waals surface area contributed by atoms with E-state index in [4.69, 9.17) is 14.5 Å². The Labute approximate surface area is 179 Å². The van der Waals surface area contributed by atoms with Crippen molar-refractivity contribution in [2.75, 3.05) is 19.9 Å². The second kappa shape index (κ2) is 7.25. The molecule has 0 atom stereocenters. The molecule has 1 amide bonds. The van der Waals surface area contributed by atoms with Crippen LogP contribution >= 0.6 is 0 Å². The zero-order valence-corrected chi connectivity index (χ0v) is 17.2. The molecule has 6 rings (SSSR count). The first kappa shape index (κ1) is 18.7. The molecule has 1 saturated carbocycles. The highest BCUT2D eigenvalue weighted by Crippen LogP contribution is 2.39. The van der Waals surface area contributed by atoms with Gasteiger partial charge in [-0.25, -0.2) is 9.37 Å². The zero-order chi connectivity index (χ0) is 20.9. The fourth-order valence-corrected chi connectivity index (χ4v) is 4.94. The van der Waals surface area contributed by atoms with Gasteiger partial charge in [0.05, 0.1) is 11.0 Å². The van der Waals surface area contributed by atoms with E-state index in [9.17, 15) is 9.18 Å². The molecule has 1 saturated heterocycles. The maximum atomic E-state index is 13.9. The molecule has 2 fully saturated rings. The van der Waals surface area contributed by atoms with E-state index >= 15 is 0 Å². The van der Waals surface area contributed by atoms with Gasteiger partial charge >= 0.3 is 0 Å². The summed E-state index contributed by atoms with van der Waals surface area (Å²) in [6.07, 6.45) is 4.95. The first-order valence-corrected chi connectivity index (χ1v) is 11.0. The molecular weight excluding hydrogens is 397 g/mol. The number of benzene rings is 2. The lowest BCUT2D eigenvalue weighted by Gasteiger charge is -2.37. The molecule has 2 aliphatic heterocycles. The van der Waals surface area contributed by atoms with Crippen LogP contribution in [-0.2, 0) is 4.79 Å². The third kappa shape index (κ3) is 3.14. The smallest absolute Gasteiger partial charge is 0.231 e. The van der Waals surface area contributed by atoms with Crippen molar-refractivity contribution in [2.45, 2.75) is 38.1 Å². The first-order chi connectivity index (χ1) is 15.2. The lowest BCUT2D eigenvalue weighted by atomic mass is 9.84. The van der Waals surface area contributed by atoms with Crippen LogP contribution in [-0.4, -0.2) is 40.2 Å². The molecule has 160 valence electrons. The highest BCUT2D eigenvalue weighted by atomic mass is 19.1. The van der Waals surface area contributed by atoms with Crippen molar-refractivity contribution in [1.29, 1.82) is 0 Å². The van der Waals surface area contributed by atoms with Gasteiger partial charge in [0.15, 0.2) is 11.5 Å². The van der Waals surface area contributed by atoms with E-state index in [1.165, 1.54) is 18.6 Å². The number of rotatable bonds is 3. The number of ether oxygens (including phenoxy) is 2. The number of carbonyl (C=O) groups excluding carboxylic acids is 1. The van der Waals surface area contributed by atoms with Crippen molar-refractivity contribution in [1.82, 2.24) is 14.5 Å². The highest BCUT2D eigenvalue weighted by molar-refractivity contribution is 5.82. The van der Waals surface area contributed by atoms with Gasteiger partial charge in [0.25, 0.3) is 0 Å². The van der Waals surface area contributed by atoms with Crippen LogP contribution in [0.15, 0.2) is 36.4 Å². The van der Waals surface area contributed by atoms with Gasteiger partial charge in [-0.2, -0.15) is 0 Å². The van der Waals surface area contributed by atoms with Gasteiger partial charge in [-0.3, -0.25) is 4.79 Å². The topological polar surface area (TPSA) is 56.6 Å². The Kier molecular flexibility index (Phi) is 4.37. The average molecular weight is 421 g/mol. The van der Waals surface area contributed by atoms with E-state index in [-0.39, 0.29) is 24.6 Å². The Morgan fingerprint density at radius 2 is 1.81 bits per heavy atom. The first-order valence-electron chi connectivity index (χ1n) is 11.0. The van der Waals surface area contributed by atoms with E-state index in [1.807, 2.05) is 23.1 Å². The lowest BCUT2D eigenvalue weighted by molar-refractivity contribution is -0.139. The summed E-state index contributed by atoms with van der Waals surface area (Å²) in [4.78, 5) is 19.5. The summed E-state index contributed by atoms with van der Waals surface area (Å²) >= 11 is 0. The van der Waals surface area contributed by atoms with Crippen LogP contribution in [0.2, 0.25) is 0 Å². The molecule has 6 nitrogen and oxygen atoms in total. The maximum absolute atomic E-state index is 13.9. The molecule has 1 aromatic heterocycles. The van der Waals surface area contributed by atoms with E-state index in [1.54, 1.807) is 6.07 Å². The van der Waals surface area contributed by atoms with Gasteiger partial charge in [0, 0.05) is 36.7 Å². The van der Waals surface area contributed by atoms with E-state index < -0.39 is 0 Å². The van der Waals surface area contributed by atoms with Crippen molar-refractivity contribution in [3.05, 3.63) is 42.2 Å². The van der Waals surface area contributed by atoms with Gasteiger partial charge < -0.3 is 18.9 Å². The number of imidazole rings is 1. The molecule has 3 aromatic rings. The number of aromatic nitrogens is 2. The van der Waals surface area contributed by atoms with Gasteiger partial charge in [-0.1, -0.05) is 6.42 Å². The SMILES string of the molecule is O=C(C1CCC1)N1CCC(n2c(-c3ccc4c(c3)OCO4)nc3cc(F)ccc32)CC1. The molecule has 2 aromatic carbocycles. The molecule has 3 aliphatic rings. The summed E-state index contributed by atoms with van der Waals surface area (Å²) in [6.45, 7) is 1.72. The Balaban J connectivity index is 1.35. The maximum Gasteiger partial charge on any atom is 0.231 e. The molecule has 3 heterocycles. The van der Waals surface area contributed by atoms with E-state index in [0.29, 0.717) is 17.2 Å². The molecular formula is C24H24FN3O3. The summed E-state index contributed by atoms with van der Waals surface area (Å²) in [5, 5.41) is 0. The van der Waals surface area contributed by atoms with Gasteiger partial charge in [0.1, 0.15) is 11.6 Å². The van der Waals surface area contributed by atoms with E-state index in [2.05, 4.69) is 4.57 Å². The predicted octanol–water partition coefficient (Wildman–Crippen LogP) is 4.53. The van der Waals surface area contributed by atoms with Crippen molar-refractivity contribution >= 4 is 16.9 Å². The van der Waals surface area contributed by atoms with Gasteiger partial charge in [0.2, 0.25) is 12.7 Å². The summed E-state index contributed by atoms with van der Waals surface area (Å²) in [7, 11) is 0. The molecule has 0 spiro atoms. The number of fused-ring (bicyclic) bond motifs is 2. The van der Waals surface area contributed by atoms with Crippen molar-refractivity contribution in [3.63, 3.8) is 0 Å². The normalized spacial score (nSPS) is 19.1. The van der Waals surface area contributed by atoms with Crippen LogP contribution < -0.4 is 9.47 Å². The van der Waals surface area contributed by atoms with Crippen LogP contribution in [0, 0.1) is 11.7 Å². The Morgan fingerprint density at radius 1 is 1.00 bits per heavy atom. The largest absolute Gasteiger partial charge is 0.454 e. The average Bonchev–Trinajstić information content (AvgIpc) is 3.36. The van der Waals surface area contributed by atoms with Crippen LogP contribution in [0.1, 0.15) is 38.1 Å². The molecule has 1 aliphatic carbocycles. The number of hydrogen-bond donors (Lipinski definition) is 0. The second-order valence-electron chi connectivity index (χ2n) is 8.69. The third-order valence-electron chi connectivity index (χ3n) is 6.88. The van der Waals surface area contributed by atoms with E-state index in [0.717, 1.165) is 61.4 Å². The van der Waals surface area contributed by atoms with Crippen LogP contribution in [0.4, 0.5) is 4.39 Å². The minimum Gasteiger partial charge on any atom is -0.454 e. The van der Waals surface area contributed by atoms with Crippen molar-refractivity contribution in [3.8, 4) is 22.9 Å². The number of nitrogens with zero attached hydrogens (tertiary/aromatic N) is 3. The fraction of sp³-hybridized carbons (Fsp3) is 0.417. The Hall–Kier alpha value is -3.09. The Morgan fingerprint density at radius 3 is 2.58 bits per heavy atom. The highest BCUT2D eigenvalue weighted by Gasteiger charge is 2.33. The number of halogens is 1. The number of hydrogen-bond acceptors (Lipinski definition) is 4. The molecule has 0 bridgehead atoms. The quantitative estimate of drug-likeness (QED) is 0.623. The molecule has 0 radical (unpaired) electrons. The molecule has 0 unspecified atom stereocenters. The second-order valence-corrected chi connectivity index (χ2v) is 8.69. The minimum absolute atomic E-state index is 0.196. The van der Waals surface area contributed by atoms with Gasteiger partial charge in [-0.15, -0.1) is 0 Å². The lowest BCUT2D eigenvalue weighted by Crippen LogP contribution is -2.43. The molecule has 31 heavy (non-hydrogen) atoms. The summed E-state index contributed by atoms with van der Waals surface area (Å²) < 4.78 is 27.1. The van der Waals surface area contributed by atoms with Crippen molar-refractivity contribution in [2.24, 2.45) is 5.92 Å². The van der Waals surface area contributed by atoms with Crippen LogP contribution in [0.25, 0.3) is 22.4 Å². The number of piperidine rings is 1. The minimum atomic E-state index is -0.296. The number of carbonyl (C=O) groups is 1. The molecule has 7 heteroatoms. The summed E-state index contributed by atoms with van der Waals surface area (Å²) in [6, 6.07) is 10.8. The summed E-state index contributed by atoms with van der Waals surface area (Å²) in [5.41, 5.74) is 2.47. The predicted molar refractivity (Wildman–Crippen MR) is 113 cm³/mol. The Bertz CT molecular complexity index is 1160. The standard InChI is InChI=1S/C24H24FN3O3/c25-17-5-6-20-19(13-17)26-23(16-4-7-21-22(12-16)31-14-30-21)28(20)18-8-10-27(11-9-18)24(29)15-2-1-3-15/h4-7,12-13,15,18H,1-3,8-11,14H2. The fourth-order valence-electron chi connectivity index (χ4n) is 4.94. The van der Waals surface area contributed by atoms with Crippen LogP contribution in [0.5, 0.6) is 11.5 Å². The zero-order valence-electron chi connectivity index (χ0n) is 17.2. The van der Waals surface area contributed by atoms with Gasteiger partial charge in [-0.05, 0) is 56.0 Å². The van der Waals surface area contributed by atoms with Crippen molar-refractivity contribution < 1.29 is 18.7 Å². The number of amides is 1. The monoisotopic (exact) mass is 421 g/mol. The third-order valence-corrected chi connectivity index (χ3v) is 6.88. The molecule has 0 N–H and O–H groups in total.